The smallest absolute Gasteiger partial charge is 0.309 e. The van der Waals surface area contributed by atoms with Gasteiger partial charge in [-0.1, -0.05) is 12.1 Å². The number of hydrogen-bond acceptors (Lipinski definition) is 4. The van der Waals surface area contributed by atoms with Gasteiger partial charge in [-0.3, -0.25) is 4.79 Å². The van der Waals surface area contributed by atoms with E-state index in [2.05, 4.69) is 6.07 Å². The number of esters is 1. The number of benzene rings is 1. The maximum atomic E-state index is 11.4. The zero-order valence-electron chi connectivity index (χ0n) is 10.3. The van der Waals surface area contributed by atoms with Crippen molar-refractivity contribution in [2.45, 2.75) is 31.3 Å². The Morgan fingerprint density at radius 1 is 1.44 bits per heavy atom. The lowest BCUT2D eigenvalue weighted by Crippen LogP contribution is -2.45. The van der Waals surface area contributed by atoms with Crippen molar-refractivity contribution in [2.24, 2.45) is 0 Å². The van der Waals surface area contributed by atoms with Crippen LogP contribution in [-0.4, -0.2) is 18.7 Å². The van der Waals surface area contributed by atoms with Gasteiger partial charge < -0.3 is 9.47 Å². The second-order valence-corrected chi connectivity index (χ2v) is 4.50. The Hall–Kier alpha value is -2.02. The molecule has 1 saturated carbocycles. The number of methoxy groups -OCH3 is 1. The number of para-hydroxylation sites is 1. The van der Waals surface area contributed by atoms with E-state index in [1.807, 2.05) is 6.07 Å². The zero-order chi connectivity index (χ0) is 13.0. The van der Waals surface area contributed by atoms with Gasteiger partial charge >= 0.3 is 5.97 Å². The Morgan fingerprint density at radius 2 is 2.17 bits per heavy atom. The molecule has 0 bridgehead atoms. The van der Waals surface area contributed by atoms with Crippen LogP contribution in [-0.2, 0) is 9.53 Å². The minimum absolute atomic E-state index is 0.239. The van der Waals surface area contributed by atoms with E-state index in [-0.39, 0.29) is 12.4 Å². The SMILES string of the molecule is COC(=O)CC1(Oc2ccccc2C#N)CCC1. The first-order chi connectivity index (χ1) is 8.69. The number of hydrogen-bond donors (Lipinski definition) is 0. The van der Waals surface area contributed by atoms with Gasteiger partial charge in [-0.15, -0.1) is 0 Å². The normalized spacial score (nSPS) is 16.2. The molecule has 0 spiro atoms. The maximum Gasteiger partial charge on any atom is 0.309 e. The average molecular weight is 245 g/mol. The van der Waals surface area contributed by atoms with E-state index in [0.717, 1.165) is 19.3 Å². The third-order valence-corrected chi connectivity index (χ3v) is 3.29. The molecule has 18 heavy (non-hydrogen) atoms. The molecule has 4 nitrogen and oxygen atoms in total. The van der Waals surface area contributed by atoms with Crippen LogP contribution in [0.3, 0.4) is 0 Å². The summed E-state index contributed by atoms with van der Waals surface area (Å²) in [6, 6.07) is 9.17. The zero-order valence-corrected chi connectivity index (χ0v) is 10.3. The van der Waals surface area contributed by atoms with Gasteiger partial charge in [0.15, 0.2) is 0 Å². The molecule has 1 aromatic rings. The number of carbonyl (C=O) groups is 1. The van der Waals surface area contributed by atoms with Crippen molar-refractivity contribution in [1.82, 2.24) is 0 Å². The van der Waals surface area contributed by atoms with Crippen molar-refractivity contribution in [2.75, 3.05) is 7.11 Å². The molecular weight excluding hydrogens is 230 g/mol. The third-order valence-electron chi connectivity index (χ3n) is 3.29. The van der Waals surface area contributed by atoms with Crippen LogP contribution < -0.4 is 4.74 Å². The van der Waals surface area contributed by atoms with Crippen LogP contribution >= 0.6 is 0 Å². The topological polar surface area (TPSA) is 59.3 Å². The van der Waals surface area contributed by atoms with Crippen molar-refractivity contribution < 1.29 is 14.3 Å². The number of rotatable bonds is 4. The molecule has 0 saturated heterocycles. The molecule has 0 aliphatic heterocycles. The summed E-state index contributed by atoms with van der Waals surface area (Å²) in [5, 5.41) is 9.01. The van der Waals surface area contributed by atoms with Crippen molar-refractivity contribution in [1.29, 1.82) is 5.26 Å². The van der Waals surface area contributed by atoms with E-state index in [4.69, 9.17) is 14.7 Å². The standard InChI is InChI=1S/C14H15NO3/c1-17-13(16)9-14(7-4-8-14)18-12-6-3-2-5-11(12)10-15/h2-3,5-6H,4,7-9H2,1H3. The highest BCUT2D eigenvalue weighted by atomic mass is 16.5. The van der Waals surface area contributed by atoms with Crippen LogP contribution in [0.1, 0.15) is 31.2 Å². The van der Waals surface area contributed by atoms with E-state index in [1.54, 1.807) is 18.2 Å². The summed E-state index contributed by atoms with van der Waals surface area (Å²) in [6.45, 7) is 0. The van der Waals surface area contributed by atoms with Crippen LogP contribution in [0, 0.1) is 11.3 Å². The third kappa shape index (κ3) is 2.45. The lowest BCUT2D eigenvalue weighted by atomic mass is 9.77. The molecule has 0 radical (unpaired) electrons. The Bertz CT molecular complexity index is 486. The Balaban J connectivity index is 2.15. The number of nitriles is 1. The summed E-state index contributed by atoms with van der Waals surface area (Å²) in [5.41, 5.74) is 0.00805. The van der Waals surface area contributed by atoms with Crippen LogP contribution in [0.2, 0.25) is 0 Å². The molecule has 0 aromatic heterocycles. The summed E-state index contributed by atoms with van der Waals surface area (Å²) in [7, 11) is 1.37. The molecule has 0 amide bonds. The van der Waals surface area contributed by atoms with E-state index >= 15 is 0 Å². The number of ether oxygens (including phenoxy) is 2. The molecule has 2 rings (SSSR count). The first-order valence-electron chi connectivity index (χ1n) is 5.94. The Kier molecular flexibility index (Phi) is 3.52. The lowest BCUT2D eigenvalue weighted by molar-refractivity contribution is -0.148. The van der Waals surface area contributed by atoms with Crippen molar-refractivity contribution in [3.63, 3.8) is 0 Å². The van der Waals surface area contributed by atoms with Crippen molar-refractivity contribution in [3.8, 4) is 11.8 Å². The van der Waals surface area contributed by atoms with E-state index in [9.17, 15) is 4.79 Å². The lowest BCUT2D eigenvalue weighted by Gasteiger charge is -2.41. The van der Waals surface area contributed by atoms with Crippen LogP contribution in [0.5, 0.6) is 5.75 Å². The van der Waals surface area contributed by atoms with Gasteiger partial charge in [0.05, 0.1) is 19.1 Å². The predicted octanol–water partition coefficient (Wildman–Crippen LogP) is 2.42. The summed E-state index contributed by atoms with van der Waals surface area (Å²) >= 11 is 0. The van der Waals surface area contributed by atoms with Crippen LogP contribution in [0.4, 0.5) is 0 Å². The number of nitrogens with zero attached hydrogens (tertiary/aromatic N) is 1. The second kappa shape index (κ2) is 5.09. The van der Waals surface area contributed by atoms with Crippen LogP contribution in [0.15, 0.2) is 24.3 Å². The molecule has 0 N–H and O–H groups in total. The van der Waals surface area contributed by atoms with E-state index in [0.29, 0.717) is 11.3 Å². The average Bonchev–Trinajstić information content (AvgIpc) is 2.36. The van der Waals surface area contributed by atoms with Gasteiger partial charge in [0.1, 0.15) is 17.4 Å². The molecule has 0 unspecified atom stereocenters. The van der Waals surface area contributed by atoms with Crippen LogP contribution in [0.25, 0.3) is 0 Å². The highest BCUT2D eigenvalue weighted by Crippen LogP contribution is 2.40. The maximum absolute atomic E-state index is 11.4. The fourth-order valence-corrected chi connectivity index (χ4v) is 2.10. The number of carbonyl (C=O) groups excluding carboxylic acids is 1. The van der Waals surface area contributed by atoms with Gasteiger partial charge in [-0.2, -0.15) is 5.26 Å². The molecule has 1 fully saturated rings. The molecule has 1 aliphatic rings. The summed E-state index contributed by atoms with van der Waals surface area (Å²) < 4.78 is 10.6. The van der Waals surface area contributed by atoms with Crippen molar-refractivity contribution >= 4 is 5.97 Å². The minimum atomic E-state index is -0.486. The molecule has 4 heteroatoms. The quantitative estimate of drug-likeness (QED) is 0.764. The highest BCUT2D eigenvalue weighted by molar-refractivity contribution is 5.70. The summed E-state index contributed by atoms with van der Waals surface area (Å²) in [5.74, 6) is 0.271. The van der Waals surface area contributed by atoms with Gasteiger partial charge in [0.25, 0.3) is 0 Å². The highest BCUT2D eigenvalue weighted by Gasteiger charge is 2.42. The first-order valence-corrected chi connectivity index (χ1v) is 5.94. The molecule has 0 atom stereocenters. The van der Waals surface area contributed by atoms with Gasteiger partial charge in [-0.25, -0.2) is 0 Å². The fraction of sp³-hybridized carbons (Fsp3) is 0.429. The molecule has 1 aliphatic carbocycles. The molecule has 1 aromatic carbocycles. The summed E-state index contributed by atoms with van der Waals surface area (Å²) in [4.78, 5) is 11.4. The Morgan fingerprint density at radius 3 is 2.72 bits per heavy atom. The first kappa shape index (κ1) is 12.4. The fourth-order valence-electron chi connectivity index (χ4n) is 2.10. The van der Waals surface area contributed by atoms with E-state index < -0.39 is 5.60 Å². The van der Waals surface area contributed by atoms with Gasteiger partial charge in [0.2, 0.25) is 0 Å². The second-order valence-electron chi connectivity index (χ2n) is 4.50. The Labute approximate surface area is 106 Å². The largest absolute Gasteiger partial charge is 0.485 e. The minimum Gasteiger partial charge on any atom is -0.485 e. The molecule has 94 valence electrons. The van der Waals surface area contributed by atoms with Gasteiger partial charge in [0, 0.05) is 0 Å². The molecule has 0 heterocycles. The van der Waals surface area contributed by atoms with E-state index in [1.165, 1.54) is 7.11 Å². The predicted molar refractivity (Wildman–Crippen MR) is 65.0 cm³/mol. The van der Waals surface area contributed by atoms with Gasteiger partial charge in [-0.05, 0) is 31.4 Å². The summed E-state index contributed by atoms with van der Waals surface area (Å²) in [6.07, 6.45) is 2.92. The monoisotopic (exact) mass is 245 g/mol. The molecular formula is C14H15NO3. The van der Waals surface area contributed by atoms with Crippen molar-refractivity contribution in [3.05, 3.63) is 29.8 Å².